The summed E-state index contributed by atoms with van der Waals surface area (Å²) in [6.07, 6.45) is -3.06. The molecule has 2 aromatic rings. The van der Waals surface area contributed by atoms with Crippen LogP contribution in [0.1, 0.15) is 21.6 Å². The molecular formula is C14H10F3NO3. The lowest BCUT2D eigenvalue weighted by molar-refractivity contribution is -0.137. The molecule has 0 aliphatic carbocycles. The average molecular weight is 297 g/mol. The summed E-state index contributed by atoms with van der Waals surface area (Å²) >= 11 is 0. The largest absolute Gasteiger partial charge is 0.489 e. The van der Waals surface area contributed by atoms with Gasteiger partial charge < -0.3 is 9.84 Å². The van der Waals surface area contributed by atoms with Crippen LogP contribution >= 0.6 is 0 Å². The minimum absolute atomic E-state index is 0.0359. The Kier molecular flexibility index (Phi) is 4.11. The van der Waals surface area contributed by atoms with Gasteiger partial charge in [0.15, 0.2) is 0 Å². The fraction of sp³-hybridized carbons (Fsp3) is 0.143. The Morgan fingerprint density at radius 1 is 1.19 bits per heavy atom. The van der Waals surface area contributed by atoms with Gasteiger partial charge in [-0.05, 0) is 42.0 Å². The maximum absolute atomic E-state index is 12.4. The molecule has 0 radical (unpaired) electrons. The highest BCUT2D eigenvalue weighted by Gasteiger charge is 2.29. The second-order valence-corrected chi connectivity index (χ2v) is 4.17. The van der Waals surface area contributed by atoms with E-state index in [1.807, 2.05) is 0 Å². The molecule has 0 unspecified atom stereocenters. The quantitative estimate of drug-likeness (QED) is 0.940. The Morgan fingerprint density at radius 3 is 2.43 bits per heavy atom. The van der Waals surface area contributed by atoms with Crippen LogP contribution in [0.4, 0.5) is 13.2 Å². The van der Waals surface area contributed by atoms with Gasteiger partial charge in [-0.3, -0.25) is 0 Å². The molecular weight excluding hydrogens is 287 g/mol. The first kappa shape index (κ1) is 14.8. The van der Waals surface area contributed by atoms with E-state index in [-0.39, 0.29) is 18.1 Å². The van der Waals surface area contributed by atoms with E-state index < -0.39 is 17.7 Å². The molecule has 1 aromatic heterocycles. The number of carboxylic acid groups (broad SMARTS) is 1. The number of rotatable bonds is 4. The van der Waals surface area contributed by atoms with Gasteiger partial charge in [0.25, 0.3) is 0 Å². The highest BCUT2D eigenvalue weighted by molar-refractivity contribution is 5.85. The lowest BCUT2D eigenvalue weighted by Gasteiger charge is -2.09. The Hall–Kier alpha value is -2.57. The van der Waals surface area contributed by atoms with Crippen LogP contribution in [0.15, 0.2) is 42.6 Å². The summed E-state index contributed by atoms with van der Waals surface area (Å²) < 4.78 is 42.5. The molecule has 0 fully saturated rings. The molecule has 1 aromatic carbocycles. The number of carboxylic acids is 1. The predicted octanol–water partition coefficient (Wildman–Crippen LogP) is 3.38. The molecule has 0 aliphatic heterocycles. The van der Waals surface area contributed by atoms with Gasteiger partial charge in [0.05, 0.1) is 5.56 Å². The van der Waals surface area contributed by atoms with Crippen LogP contribution in [0, 0.1) is 0 Å². The highest BCUT2D eigenvalue weighted by atomic mass is 19.4. The molecule has 2 rings (SSSR count). The number of aromatic nitrogens is 1. The molecule has 0 amide bonds. The zero-order chi connectivity index (χ0) is 15.5. The van der Waals surface area contributed by atoms with E-state index in [9.17, 15) is 18.0 Å². The van der Waals surface area contributed by atoms with E-state index in [4.69, 9.17) is 9.84 Å². The molecule has 1 heterocycles. The van der Waals surface area contributed by atoms with Crippen molar-refractivity contribution in [1.82, 2.24) is 4.98 Å². The summed E-state index contributed by atoms with van der Waals surface area (Å²) in [6.45, 7) is 0.0359. The Balaban J connectivity index is 2.03. The standard InChI is InChI=1S/C14H10F3NO3/c15-14(16,17)10-1-3-11(4-2-10)21-8-9-5-6-18-12(7-9)13(19)20/h1-7H,8H2,(H,19,20). The minimum Gasteiger partial charge on any atom is -0.489 e. The molecule has 0 bridgehead atoms. The van der Waals surface area contributed by atoms with Gasteiger partial charge in [0, 0.05) is 6.20 Å². The fourth-order valence-corrected chi connectivity index (χ4v) is 1.59. The van der Waals surface area contributed by atoms with E-state index in [1.165, 1.54) is 24.4 Å². The Labute approximate surface area is 117 Å². The van der Waals surface area contributed by atoms with Crippen LogP contribution in [0.25, 0.3) is 0 Å². The topological polar surface area (TPSA) is 59.4 Å². The van der Waals surface area contributed by atoms with E-state index >= 15 is 0 Å². The number of alkyl halides is 3. The van der Waals surface area contributed by atoms with Crippen LogP contribution in [0.3, 0.4) is 0 Å². The normalized spacial score (nSPS) is 11.2. The third-order valence-corrected chi connectivity index (χ3v) is 2.63. The number of hydrogen-bond donors (Lipinski definition) is 1. The van der Waals surface area contributed by atoms with Crippen molar-refractivity contribution in [3.8, 4) is 5.75 Å². The number of benzene rings is 1. The van der Waals surface area contributed by atoms with Gasteiger partial charge in [-0.2, -0.15) is 13.2 Å². The van der Waals surface area contributed by atoms with Crippen LogP contribution in [0.5, 0.6) is 5.75 Å². The van der Waals surface area contributed by atoms with Crippen molar-refractivity contribution < 1.29 is 27.8 Å². The van der Waals surface area contributed by atoms with Gasteiger partial charge in [0.2, 0.25) is 0 Å². The van der Waals surface area contributed by atoms with E-state index in [0.717, 1.165) is 12.1 Å². The Bertz CT molecular complexity index is 639. The van der Waals surface area contributed by atoms with Gasteiger partial charge in [-0.25, -0.2) is 9.78 Å². The van der Waals surface area contributed by atoms with Crippen LogP contribution in [0.2, 0.25) is 0 Å². The van der Waals surface area contributed by atoms with Crippen molar-refractivity contribution in [2.24, 2.45) is 0 Å². The first-order valence-corrected chi connectivity index (χ1v) is 5.84. The lowest BCUT2D eigenvalue weighted by atomic mass is 10.2. The summed E-state index contributed by atoms with van der Waals surface area (Å²) in [4.78, 5) is 14.4. The Morgan fingerprint density at radius 2 is 1.86 bits per heavy atom. The van der Waals surface area contributed by atoms with E-state index in [0.29, 0.717) is 5.56 Å². The number of pyridine rings is 1. The van der Waals surface area contributed by atoms with Crippen molar-refractivity contribution in [2.45, 2.75) is 12.8 Å². The highest BCUT2D eigenvalue weighted by Crippen LogP contribution is 2.30. The molecule has 0 saturated heterocycles. The van der Waals surface area contributed by atoms with E-state index in [2.05, 4.69) is 4.98 Å². The molecule has 21 heavy (non-hydrogen) atoms. The number of hydrogen-bond acceptors (Lipinski definition) is 3. The van der Waals surface area contributed by atoms with Crippen LogP contribution < -0.4 is 4.74 Å². The SMILES string of the molecule is O=C(O)c1cc(COc2ccc(C(F)(F)F)cc2)ccn1. The third-order valence-electron chi connectivity index (χ3n) is 2.63. The zero-order valence-corrected chi connectivity index (χ0v) is 10.6. The van der Waals surface area contributed by atoms with Gasteiger partial charge in [-0.1, -0.05) is 0 Å². The molecule has 0 saturated carbocycles. The second kappa shape index (κ2) is 5.82. The summed E-state index contributed by atoms with van der Waals surface area (Å²) in [5.41, 5.74) is -0.322. The molecule has 4 nitrogen and oxygen atoms in total. The molecule has 0 aliphatic rings. The molecule has 110 valence electrons. The number of ether oxygens (including phenoxy) is 1. The first-order chi connectivity index (χ1) is 9.86. The summed E-state index contributed by atoms with van der Waals surface area (Å²) in [6, 6.07) is 7.17. The molecule has 1 N–H and O–H groups in total. The maximum atomic E-state index is 12.4. The predicted molar refractivity (Wildman–Crippen MR) is 67.0 cm³/mol. The monoisotopic (exact) mass is 297 g/mol. The lowest BCUT2D eigenvalue weighted by Crippen LogP contribution is -2.05. The average Bonchev–Trinajstić information content (AvgIpc) is 2.45. The third kappa shape index (κ3) is 3.95. The van der Waals surface area contributed by atoms with Crippen molar-refractivity contribution in [2.75, 3.05) is 0 Å². The molecule has 0 atom stereocenters. The number of nitrogens with zero attached hydrogens (tertiary/aromatic N) is 1. The second-order valence-electron chi connectivity index (χ2n) is 4.17. The van der Waals surface area contributed by atoms with Gasteiger partial charge in [0.1, 0.15) is 18.1 Å². The maximum Gasteiger partial charge on any atom is 0.416 e. The number of halogens is 3. The van der Waals surface area contributed by atoms with Crippen molar-refractivity contribution in [1.29, 1.82) is 0 Å². The van der Waals surface area contributed by atoms with Crippen molar-refractivity contribution in [3.63, 3.8) is 0 Å². The number of aromatic carboxylic acids is 1. The van der Waals surface area contributed by atoms with Gasteiger partial charge >= 0.3 is 12.1 Å². The molecule has 7 heteroatoms. The fourth-order valence-electron chi connectivity index (χ4n) is 1.59. The van der Waals surface area contributed by atoms with Crippen LogP contribution in [-0.2, 0) is 12.8 Å². The summed E-state index contributed by atoms with van der Waals surface area (Å²) in [5.74, 6) is -0.900. The summed E-state index contributed by atoms with van der Waals surface area (Å²) in [5, 5.41) is 8.79. The van der Waals surface area contributed by atoms with E-state index in [1.54, 1.807) is 6.07 Å². The van der Waals surface area contributed by atoms with Crippen molar-refractivity contribution in [3.05, 3.63) is 59.4 Å². The van der Waals surface area contributed by atoms with Gasteiger partial charge in [-0.15, -0.1) is 0 Å². The first-order valence-electron chi connectivity index (χ1n) is 5.84. The summed E-state index contributed by atoms with van der Waals surface area (Å²) in [7, 11) is 0. The zero-order valence-electron chi connectivity index (χ0n) is 10.6. The van der Waals surface area contributed by atoms with Crippen molar-refractivity contribution >= 4 is 5.97 Å². The van der Waals surface area contributed by atoms with Crippen LogP contribution in [-0.4, -0.2) is 16.1 Å². The molecule has 0 spiro atoms. The minimum atomic E-state index is -4.39. The number of carbonyl (C=O) groups is 1. The smallest absolute Gasteiger partial charge is 0.416 e.